The summed E-state index contributed by atoms with van der Waals surface area (Å²) in [4.78, 5) is 9.46. The van der Waals surface area contributed by atoms with Gasteiger partial charge in [0.1, 0.15) is 0 Å². The monoisotopic (exact) mass is 397 g/mol. The lowest BCUT2D eigenvalue weighted by Crippen LogP contribution is -2.51. The van der Waals surface area contributed by atoms with Gasteiger partial charge in [0, 0.05) is 51.0 Å². The molecular formula is C22H31N5S. The number of benzene rings is 1. The van der Waals surface area contributed by atoms with Crippen molar-refractivity contribution in [3.05, 3.63) is 47.3 Å². The topological polar surface area (TPSA) is 42.9 Å². The third-order valence-electron chi connectivity index (χ3n) is 5.90. The molecule has 1 aromatic heterocycles. The van der Waals surface area contributed by atoms with Gasteiger partial charge in [-0.25, -0.2) is 0 Å². The molecule has 2 aliphatic heterocycles. The number of hydrogen-bond acceptors (Lipinski definition) is 4. The fourth-order valence-corrected chi connectivity index (χ4v) is 5.04. The molecule has 3 heterocycles. The van der Waals surface area contributed by atoms with E-state index in [4.69, 9.17) is 0 Å². The first-order valence-electron chi connectivity index (χ1n) is 10.3. The minimum atomic E-state index is 0.433. The summed E-state index contributed by atoms with van der Waals surface area (Å²) >= 11 is 1.83. The highest BCUT2D eigenvalue weighted by Crippen LogP contribution is 2.29. The summed E-state index contributed by atoms with van der Waals surface area (Å²) in [5, 5.41) is 10.7. The molecule has 1 aromatic carbocycles. The minimum absolute atomic E-state index is 0.433. The molecule has 2 N–H and O–H groups in total. The van der Waals surface area contributed by atoms with Gasteiger partial charge in [0.15, 0.2) is 5.96 Å². The smallest absolute Gasteiger partial charge is 0.191 e. The zero-order valence-corrected chi connectivity index (χ0v) is 17.7. The van der Waals surface area contributed by atoms with Gasteiger partial charge in [0.05, 0.1) is 5.00 Å². The first kappa shape index (κ1) is 19.1. The highest BCUT2D eigenvalue weighted by molar-refractivity contribution is 7.14. The molecule has 0 radical (unpaired) electrons. The zero-order valence-electron chi connectivity index (χ0n) is 16.9. The van der Waals surface area contributed by atoms with Gasteiger partial charge < -0.3 is 20.4 Å². The molecule has 0 bridgehead atoms. The molecule has 0 saturated carbocycles. The molecule has 1 fully saturated rings. The number of anilines is 2. The molecule has 4 rings (SSSR count). The largest absolute Gasteiger partial charge is 0.366 e. The van der Waals surface area contributed by atoms with E-state index in [1.54, 1.807) is 0 Å². The van der Waals surface area contributed by atoms with Crippen LogP contribution in [0.15, 0.2) is 46.8 Å². The van der Waals surface area contributed by atoms with Crippen molar-refractivity contribution < 1.29 is 0 Å². The number of rotatable bonds is 5. The number of piperidine rings is 1. The van der Waals surface area contributed by atoms with Crippen molar-refractivity contribution in [2.75, 3.05) is 43.0 Å². The van der Waals surface area contributed by atoms with E-state index in [0.29, 0.717) is 12.1 Å². The van der Waals surface area contributed by atoms with E-state index in [-0.39, 0.29) is 0 Å². The summed E-state index contributed by atoms with van der Waals surface area (Å²) in [5.41, 5.74) is 2.86. The first-order valence-corrected chi connectivity index (χ1v) is 11.2. The van der Waals surface area contributed by atoms with Crippen LogP contribution < -0.4 is 20.4 Å². The summed E-state index contributed by atoms with van der Waals surface area (Å²) in [6.45, 7) is 6.51. The van der Waals surface area contributed by atoms with Gasteiger partial charge in [0.2, 0.25) is 0 Å². The van der Waals surface area contributed by atoms with Crippen LogP contribution in [0.5, 0.6) is 0 Å². The summed E-state index contributed by atoms with van der Waals surface area (Å²) in [6, 6.07) is 14.0. The van der Waals surface area contributed by atoms with Crippen LogP contribution in [0, 0.1) is 0 Å². The molecule has 0 amide bonds. The molecule has 1 saturated heterocycles. The Kier molecular flexibility index (Phi) is 6.05. The number of aliphatic imine (C=N–C) groups is 1. The maximum atomic E-state index is 4.46. The van der Waals surface area contributed by atoms with Gasteiger partial charge in [-0.05, 0) is 55.3 Å². The van der Waals surface area contributed by atoms with Crippen LogP contribution in [0.4, 0.5) is 10.7 Å². The number of fused-ring (bicyclic) bond motifs is 1. The standard InChI is InChI=1S/C22H31N5S/c1-17(27-14-9-18-6-3-4-7-20(18)27)16-24-22(23-2)25-19-10-12-26(13-11-19)21-8-5-15-28-21/h3-8,15,17,19H,9-14,16H2,1-2H3,(H2,23,24,25). The van der Waals surface area contributed by atoms with E-state index >= 15 is 0 Å². The Hall–Kier alpha value is -2.21. The highest BCUT2D eigenvalue weighted by atomic mass is 32.1. The van der Waals surface area contributed by atoms with Crippen molar-refractivity contribution in [3.63, 3.8) is 0 Å². The molecule has 5 nitrogen and oxygen atoms in total. The molecule has 28 heavy (non-hydrogen) atoms. The van der Waals surface area contributed by atoms with Gasteiger partial charge >= 0.3 is 0 Å². The molecule has 6 heteroatoms. The van der Waals surface area contributed by atoms with Crippen LogP contribution in [-0.4, -0.2) is 51.3 Å². The van der Waals surface area contributed by atoms with Crippen LogP contribution >= 0.6 is 11.3 Å². The SMILES string of the molecule is CN=C(NCC(C)N1CCc2ccccc21)NC1CCN(c2cccs2)CC1. The fourth-order valence-electron chi connectivity index (χ4n) is 4.26. The van der Waals surface area contributed by atoms with E-state index in [9.17, 15) is 0 Å². The molecule has 2 aliphatic rings. The number of thiophene rings is 1. The summed E-state index contributed by atoms with van der Waals surface area (Å²) in [6.07, 6.45) is 3.44. The minimum Gasteiger partial charge on any atom is -0.366 e. The van der Waals surface area contributed by atoms with Crippen molar-refractivity contribution in [1.29, 1.82) is 0 Å². The lowest BCUT2D eigenvalue weighted by Gasteiger charge is -2.34. The lowest BCUT2D eigenvalue weighted by atomic mass is 10.1. The van der Waals surface area contributed by atoms with Gasteiger partial charge in [-0.1, -0.05) is 18.2 Å². The Bertz CT molecular complexity index is 780. The summed E-state index contributed by atoms with van der Waals surface area (Å²) in [5.74, 6) is 0.925. The second-order valence-corrected chi connectivity index (χ2v) is 8.66. The Morgan fingerprint density at radius 3 is 2.75 bits per heavy atom. The van der Waals surface area contributed by atoms with Crippen molar-refractivity contribution in [3.8, 4) is 0 Å². The van der Waals surface area contributed by atoms with Crippen LogP contribution in [0.2, 0.25) is 0 Å². The maximum Gasteiger partial charge on any atom is 0.191 e. The van der Waals surface area contributed by atoms with E-state index < -0.39 is 0 Å². The predicted octanol–water partition coefficient (Wildman–Crippen LogP) is 3.33. The zero-order chi connectivity index (χ0) is 19.3. The Balaban J connectivity index is 1.24. The Morgan fingerprint density at radius 2 is 2.00 bits per heavy atom. The van der Waals surface area contributed by atoms with Gasteiger partial charge in [0.25, 0.3) is 0 Å². The predicted molar refractivity (Wildman–Crippen MR) is 121 cm³/mol. The number of hydrogen-bond donors (Lipinski definition) is 2. The van der Waals surface area contributed by atoms with E-state index in [0.717, 1.165) is 51.4 Å². The third kappa shape index (κ3) is 4.27. The summed E-state index contributed by atoms with van der Waals surface area (Å²) in [7, 11) is 1.87. The average Bonchev–Trinajstić information content (AvgIpc) is 3.41. The molecule has 2 aromatic rings. The molecule has 150 valence electrons. The number of para-hydroxylation sites is 1. The lowest BCUT2D eigenvalue weighted by molar-refractivity contribution is 0.461. The fraction of sp³-hybridized carbons (Fsp3) is 0.500. The van der Waals surface area contributed by atoms with E-state index in [1.165, 1.54) is 16.3 Å². The van der Waals surface area contributed by atoms with Gasteiger partial charge in [-0.2, -0.15) is 0 Å². The van der Waals surface area contributed by atoms with Crippen LogP contribution in [-0.2, 0) is 6.42 Å². The Morgan fingerprint density at radius 1 is 1.18 bits per heavy atom. The maximum absolute atomic E-state index is 4.46. The van der Waals surface area contributed by atoms with Crippen molar-refractivity contribution in [2.24, 2.45) is 4.99 Å². The van der Waals surface area contributed by atoms with Gasteiger partial charge in [-0.15, -0.1) is 11.3 Å². The molecule has 0 spiro atoms. The average molecular weight is 398 g/mol. The second kappa shape index (κ2) is 8.86. The highest BCUT2D eigenvalue weighted by Gasteiger charge is 2.24. The van der Waals surface area contributed by atoms with E-state index in [1.807, 2.05) is 18.4 Å². The molecule has 0 aliphatic carbocycles. The molecule has 1 unspecified atom stereocenters. The van der Waals surface area contributed by atoms with Gasteiger partial charge in [-0.3, -0.25) is 4.99 Å². The number of nitrogens with one attached hydrogen (secondary N) is 2. The van der Waals surface area contributed by atoms with Crippen LogP contribution in [0.25, 0.3) is 0 Å². The van der Waals surface area contributed by atoms with E-state index in [2.05, 4.69) is 74.1 Å². The Labute approximate surface area is 172 Å². The quantitative estimate of drug-likeness (QED) is 0.600. The summed E-state index contributed by atoms with van der Waals surface area (Å²) < 4.78 is 0. The molecular weight excluding hydrogens is 366 g/mol. The molecule has 1 atom stereocenters. The number of nitrogens with zero attached hydrogens (tertiary/aromatic N) is 3. The normalized spacial score (nSPS) is 18.9. The number of guanidine groups is 1. The van der Waals surface area contributed by atoms with Crippen molar-refractivity contribution >= 4 is 28.0 Å². The van der Waals surface area contributed by atoms with Crippen molar-refractivity contribution in [2.45, 2.75) is 38.3 Å². The first-order chi connectivity index (χ1) is 13.7. The van der Waals surface area contributed by atoms with Crippen molar-refractivity contribution in [1.82, 2.24) is 10.6 Å². The van der Waals surface area contributed by atoms with Crippen LogP contribution in [0.3, 0.4) is 0 Å². The van der Waals surface area contributed by atoms with Crippen LogP contribution in [0.1, 0.15) is 25.3 Å². The third-order valence-corrected chi connectivity index (χ3v) is 6.83. The second-order valence-electron chi connectivity index (χ2n) is 7.73.